The zero-order valence-electron chi connectivity index (χ0n) is 11.1. The number of carbonyl (C=O) groups excluding carboxylic acids is 1. The number of aromatic nitrogens is 3. The number of nitrogens with zero attached hydrogens (tertiary/aromatic N) is 3. The molecular formula is C15H14N4O. The second-order valence-electron chi connectivity index (χ2n) is 4.59. The van der Waals surface area contributed by atoms with E-state index in [0.29, 0.717) is 5.56 Å². The third kappa shape index (κ3) is 2.51. The van der Waals surface area contributed by atoms with Crippen LogP contribution in [-0.2, 0) is 6.67 Å². The molecule has 1 amide bonds. The summed E-state index contributed by atoms with van der Waals surface area (Å²) in [6.07, 6.45) is 0. The van der Waals surface area contributed by atoms with E-state index in [1.165, 1.54) is 4.80 Å². The Morgan fingerprint density at radius 3 is 2.25 bits per heavy atom. The molecular weight excluding hydrogens is 252 g/mol. The second-order valence-corrected chi connectivity index (χ2v) is 4.59. The summed E-state index contributed by atoms with van der Waals surface area (Å²) in [5, 5.41) is 11.4. The highest BCUT2D eigenvalue weighted by Crippen LogP contribution is 2.07. The molecule has 0 fully saturated rings. The van der Waals surface area contributed by atoms with Crippen molar-refractivity contribution in [2.75, 3.05) is 0 Å². The molecule has 5 nitrogen and oxygen atoms in total. The lowest BCUT2D eigenvalue weighted by molar-refractivity contribution is 0.0937. The number of benzene rings is 2. The van der Waals surface area contributed by atoms with Crippen LogP contribution < -0.4 is 5.32 Å². The van der Waals surface area contributed by atoms with Crippen molar-refractivity contribution in [3.63, 3.8) is 0 Å². The van der Waals surface area contributed by atoms with E-state index in [2.05, 4.69) is 15.5 Å². The average Bonchev–Trinajstić information content (AvgIpc) is 2.88. The molecule has 0 spiro atoms. The minimum atomic E-state index is -0.133. The van der Waals surface area contributed by atoms with Gasteiger partial charge in [-0.25, -0.2) is 0 Å². The summed E-state index contributed by atoms with van der Waals surface area (Å²) < 4.78 is 0. The lowest BCUT2D eigenvalue weighted by Crippen LogP contribution is -2.27. The molecule has 1 N–H and O–H groups in total. The molecule has 1 heterocycles. The van der Waals surface area contributed by atoms with E-state index in [-0.39, 0.29) is 12.6 Å². The largest absolute Gasteiger partial charge is 0.331 e. The third-order valence-electron chi connectivity index (χ3n) is 3.02. The molecule has 0 radical (unpaired) electrons. The number of hydrogen-bond donors (Lipinski definition) is 1. The normalized spacial score (nSPS) is 10.7. The van der Waals surface area contributed by atoms with Crippen molar-refractivity contribution in [3.8, 4) is 0 Å². The van der Waals surface area contributed by atoms with E-state index in [4.69, 9.17) is 0 Å². The van der Waals surface area contributed by atoms with Gasteiger partial charge in [0.15, 0.2) is 0 Å². The van der Waals surface area contributed by atoms with E-state index in [0.717, 1.165) is 16.6 Å². The van der Waals surface area contributed by atoms with Crippen molar-refractivity contribution in [2.45, 2.75) is 13.6 Å². The van der Waals surface area contributed by atoms with Crippen LogP contribution >= 0.6 is 0 Å². The number of hydrogen-bond acceptors (Lipinski definition) is 3. The Morgan fingerprint density at radius 1 is 1.05 bits per heavy atom. The fourth-order valence-corrected chi connectivity index (χ4v) is 1.92. The maximum absolute atomic E-state index is 12.0. The molecule has 3 aromatic rings. The van der Waals surface area contributed by atoms with Gasteiger partial charge in [0.05, 0.1) is 0 Å². The van der Waals surface area contributed by atoms with Gasteiger partial charge in [0.2, 0.25) is 0 Å². The van der Waals surface area contributed by atoms with Crippen LogP contribution in [0, 0.1) is 6.92 Å². The van der Waals surface area contributed by atoms with Crippen LogP contribution in [0.4, 0.5) is 0 Å². The average molecular weight is 266 g/mol. The molecule has 0 unspecified atom stereocenters. The Bertz CT molecular complexity index is 713. The summed E-state index contributed by atoms with van der Waals surface area (Å²) in [7, 11) is 0. The van der Waals surface area contributed by atoms with Crippen LogP contribution in [0.15, 0.2) is 48.5 Å². The number of amides is 1. The maximum Gasteiger partial charge on any atom is 0.252 e. The predicted molar refractivity (Wildman–Crippen MR) is 76.2 cm³/mol. The lowest BCUT2D eigenvalue weighted by atomic mass is 10.1. The van der Waals surface area contributed by atoms with Crippen molar-refractivity contribution < 1.29 is 4.79 Å². The van der Waals surface area contributed by atoms with Gasteiger partial charge in [-0.2, -0.15) is 15.0 Å². The smallest absolute Gasteiger partial charge is 0.252 e. The zero-order valence-corrected chi connectivity index (χ0v) is 11.1. The van der Waals surface area contributed by atoms with Gasteiger partial charge in [0.25, 0.3) is 5.91 Å². The highest BCUT2D eigenvalue weighted by molar-refractivity contribution is 5.93. The highest BCUT2D eigenvalue weighted by Gasteiger charge is 2.06. The molecule has 20 heavy (non-hydrogen) atoms. The first-order valence-electron chi connectivity index (χ1n) is 6.37. The van der Waals surface area contributed by atoms with Crippen LogP contribution in [0.1, 0.15) is 15.9 Å². The first-order valence-corrected chi connectivity index (χ1v) is 6.37. The minimum Gasteiger partial charge on any atom is -0.331 e. The van der Waals surface area contributed by atoms with Crippen LogP contribution in [0.3, 0.4) is 0 Å². The molecule has 0 aliphatic heterocycles. The number of aryl methyl sites for hydroxylation is 1. The monoisotopic (exact) mass is 266 g/mol. The van der Waals surface area contributed by atoms with Crippen molar-refractivity contribution in [3.05, 3.63) is 59.7 Å². The van der Waals surface area contributed by atoms with E-state index in [9.17, 15) is 4.79 Å². The molecule has 100 valence electrons. The molecule has 0 aliphatic rings. The summed E-state index contributed by atoms with van der Waals surface area (Å²) >= 11 is 0. The van der Waals surface area contributed by atoms with Crippen molar-refractivity contribution >= 4 is 16.9 Å². The van der Waals surface area contributed by atoms with Crippen molar-refractivity contribution in [1.82, 2.24) is 20.3 Å². The van der Waals surface area contributed by atoms with Gasteiger partial charge in [-0.15, -0.1) is 0 Å². The quantitative estimate of drug-likeness (QED) is 0.790. The Morgan fingerprint density at radius 2 is 1.65 bits per heavy atom. The summed E-state index contributed by atoms with van der Waals surface area (Å²) in [5.74, 6) is -0.133. The van der Waals surface area contributed by atoms with Gasteiger partial charge in [0, 0.05) is 5.56 Å². The summed E-state index contributed by atoms with van der Waals surface area (Å²) in [6, 6.07) is 15.0. The van der Waals surface area contributed by atoms with Gasteiger partial charge in [-0.3, -0.25) is 4.79 Å². The van der Waals surface area contributed by atoms with E-state index >= 15 is 0 Å². The van der Waals surface area contributed by atoms with Crippen LogP contribution in [-0.4, -0.2) is 20.9 Å². The number of nitrogens with one attached hydrogen (secondary N) is 1. The van der Waals surface area contributed by atoms with E-state index in [1.807, 2.05) is 43.3 Å². The Hall–Kier alpha value is -2.69. The van der Waals surface area contributed by atoms with Gasteiger partial charge in [-0.05, 0) is 31.2 Å². The van der Waals surface area contributed by atoms with Gasteiger partial charge >= 0.3 is 0 Å². The molecule has 0 saturated heterocycles. The minimum absolute atomic E-state index is 0.133. The summed E-state index contributed by atoms with van der Waals surface area (Å²) in [4.78, 5) is 13.4. The highest BCUT2D eigenvalue weighted by atomic mass is 16.1. The van der Waals surface area contributed by atoms with Crippen LogP contribution in [0.5, 0.6) is 0 Å². The summed E-state index contributed by atoms with van der Waals surface area (Å²) in [5.41, 5.74) is 3.39. The second kappa shape index (κ2) is 5.13. The number of rotatable bonds is 3. The fraction of sp³-hybridized carbons (Fsp3) is 0.133. The Balaban J connectivity index is 1.69. The Labute approximate surface area is 116 Å². The van der Waals surface area contributed by atoms with E-state index in [1.54, 1.807) is 12.1 Å². The fourth-order valence-electron chi connectivity index (χ4n) is 1.92. The zero-order chi connectivity index (χ0) is 13.9. The molecule has 0 bridgehead atoms. The molecule has 0 atom stereocenters. The Kier molecular flexibility index (Phi) is 3.16. The molecule has 5 heteroatoms. The van der Waals surface area contributed by atoms with Crippen LogP contribution in [0.2, 0.25) is 0 Å². The predicted octanol–water partition coefficient (Wildman–Crippen LogP) is 2.13. The van der Waals surface area contributed by atoms with Gasteiger partial charge in [-0.1, -0.05) is 29.8 Å². The standard InChI is InChI=1S/C15H14N4O/c1-11-6-8-12(9-7-11)15(20)16-10-19-17-13-4-2-3-5-14(13)18-19/h2-9H,10H2,1H3,(H,16,20). The van der Waals surface area contributed by atoms with Crippen molar-refractivity contribution in [2.24, 2.45) is 0 Å². The van der Waals surface area contributed by atoms with Gasteiger partial charge < -0.3 is 5.32 Å². The maximum atomic E-state index is 12.0. The molecule has 3 rings (SSSR count). The number of fused-ring (bicyclic) bond motifs is 1. The van der Waals surface area contributed by atoms with E-state index < -0.39 is 0 Å². The van der Waals surface area contributed by atoms with Gasteiger partial charge in [0.1, 0.15) is 17.7 Å². The summed E-state index contributed by atoms with van der Waals surface area (Å²) in [6.45, 7) is 2.24. The molecule has 1 aromatic heterocycles. The van der Waals surface area contributed by atoms with Crippen LogP contribution in [0.25, 0.3) is 11.0 Å². The molecule has 0 saturated carbocycles. The number of carbonyl (C=O) groups is 1. The lowest BCUT2D eigenvalue weighted by Gasteiger charge is -2.04. The SMILES string of the molecule is Cc1ccc(C(=O)NCn2nc3ccccc3n2)cc1. The van der Waals surface area contributed by atoms with Crippen molar-refractivity contribution in [1.29, 1.82) is 0 Å². The first kappa shape index (κ1) is 12.3. The first-order chi connectivity index (χ1) is 9.72. The third-order valence-corrected chi connectivity index (χ3v) is 3.02. The molecule has 2 aromatic carbocycles. The topological polar surface area (TPSA) is 59.8 Å². The molecule has 0 aliphatic carbocycles.